The van der Waals surface area contributed by atoms with Crippen LogP contribution in [0.4, 0.5) is 0 Å². The summed E-state index contributed by atoms with van der Waals surface area (Å²) in [5.74, 6) is -0.477. The van der Waals surface area contributed by atoms with E-state index in [0.717, 1.165) is 0 Å². The fraction of sp³-hybridized carbons (Fsp3) is 0.385. The molecule has 0 aliphatic rings. The van der Waals surface area contributed by atoms with Crippen molar-refractivity contribution in [2.75, 3.05) is 26.2 Å². The van der Waals surface area contributed by atoms with Gasteiger partial charge >= 0.3 is 11.9 Å². The van der Waals surface area contributed by atoms with Crippen LogP contribution in [-0.2, 0) is 38.4 Å². The summed E-state index contributed by atoms with van der Waals surface area (Å²) >= 11 is 0. The van der Waals surface area contributed by atoms with Gasteiger partial charge in [0, 0.05) is 0 Å². The molecule has 0 radical (unpaired) electrons. The lowest BCUT2D eigenvalue weighted by Crippen LogP contribution is -2.50. The zero-order valence-electron chi connectivity index (χ0n) is 14.0. The second-order valence-corrected chi connectivity index (χ2v) is 4.66. The van der Waals surface area contributed by atoms with Gasteiger partial charge in [-0.2, -0.15) is 5.90 Å². The molecule has 0 aromatic carbocycles. The summed E-state index contributed by atoms with van der Waals surface area (Å²) in [6.07, 6.45) is -0.140. The van der Waals surface area contributed by atoms with E-state index < -0.39 is 55.0 Å². The standard InChI is InChI=1S/C13H19N5O9/c1-7(26-14)27-18-4-11(23)16-3-10(22)15-2-8(20)13(9(21)6-19)17-5-12(24)25/h6,13,17-18H,1-5,14H2,(H,15,22)(H,16,23)(H,24,25). The number of hydroxylamine groups is 1. The normalized spacial score (nSPS) is 10.9. The Hall–Kier alpha value is -3.36. The van der Waals surface area contributed by atoms with E-state index in [1.165, 1.54) is 0 Å². The zero-order chi connectivity index (χ0) is 20.8. The molecule has 27 heavy (non-hydrogen) atoms. The van der Waals surface area contributed by atoms with Crippen LogP contribution in [0.1, 0.15) is 0 Å². The van der Waals surface area contributed by atoms with Gasteiger partial charge in [0.1, 0.15) is 12.6 Å². The third-order valence-corrected chi connectivity index (χ3v) is 2.64. The first-order valence-electron chi connectivity index (χ1n) is 7.16. The number of aliphatic carboxylic acids is 1. The van der Waals surface area contributed by atoms with Crippen molar-refractivity contribution >= 4 is 35.6 Å². The lowest BCUT2D eigenvalue weighted by molar-refractivity contribution is -0.138. The second-order valence-electron chi connectivity index (χ2n) is 4.66. The van der Waals surface area contributed by atoms with Crippen LogP contribution in [0.5, 0.6) is 0 Å². The van der Waals surface area contributed by atoms with E-state index in [4.69, 9.17) is 11.0 Å². The molecule has 0 saturated heterocycles. The molecule has 7 N–H and O–H groups in total. The van der Waals surface area contributed by atoms with E-state index in [2.05, 4.69) is 37.7 Å². The molecular formula is C13H19N5O9. The third kappa shape index (κ3) is 11.0. The van der Waals surface area contributed by atoms with Crippen molar-refractivity contribution in [1.29, 1.82) is 0 Å². The number of nitrogens with two attached hydrogens (primary N) is 1. The van der Waals surface area contributed by atoms with Crippen LogP contribution in [0.2, 0.25) is 0 Å². The zero-order valence-corrected chi connectivity index (χ0v) is 14.0. The van der Waals surface area contributed by atoms with Crippen LogP contribution in [0.25, 0.3) is 0 Å². The molecule has 0 aromatic heterocycles. The first-order chi connectivity index (χ1) is 12.7. The molecule has 14 nitrogen and oxygen atoms in total. The molecule has 14 heteroatoms. The molecule has 1 atom stereocenters. The molecule has 0 rings (SSSR count). The molecule has 1 unspecified atom stereocenters. The largest absolute Gasteiger partial charge is 0.480 e. The molecule has 2 amide bonds. The summed E-state index contributed by atoms with van der Waals surface area (Å²) in [4.78, 5) is 75.7. The van der Waals surface area contributed by atoms with Crippen molar-refractivity contribution < 1.29 is 43.5 Å². The fourth-order valence-corrected chi connectivity index (χ4v) is 1.43. The number of Topliss-reactive ketones (excluding diaryl/α,β-unsaturated/α-hetero) is 2. The van der Waals surface area contributed by atoms with Gasteiger partial charge in [0.05, 0.1) is 19.6 Å². The highest BCUT2D eigenvalue weighted by molar-refractivity contribution is 6.33. The molecule has 0 aliphatic heterocycles. The Morgan fingerprint density at radius 3 is 2.19 bits per heavy atom. The SMILES string of the molecule is C=C(ON)ONCC(=O)NCC(=O)NCC(=O)C(NCC(=O)O)C(=O)C=O. The number of carboxylic acid groups (broad SMARTS) is 1. The van der Waals surface area contributed by atoms with Crippen molar-refractivity contribution in [3.05, 3.63) is 12.5 Å². The number of amides is 2. The summed E-state index contributed by atoms with van der Waals surface area (Å²) in [7, 11) is 0. The van der Waals surface area contributed by atoms with Crippen molar-refractivity contribution in [3.63, 3.8) is 0 Å². The van der Waals surface area contributed by atoms with Crippen LogP contribution >= 0.6 is 0 Å². The van der Waals surface area contributed by atoms with Gasteiger partial charge < -0.3 is 25.4 Å². The number of ketones is 2. The number of hydrogen-bond acceptors (Lipinski definition) is 11. The Balaban J connectivity index is 4.25. The molecule has 0 bridgehead atoms. The lowest BCUT2D eigenvalue weighted by Gasteiger charge is -2.13. The molecule has 0 aliphatic carbocycles. The first kappa shape index (κ1) is 23.6. The predicted molar refractivity (Wildman–Crippen MR) is 85.0 cm³/mol. The van der Waals surface area contributed by atoms with E-state index >= 15 is 0 Å². The van der Waals surface area contributed by atoms with Crippen LogP contribution in [-0.4, -0.2) is 73.0 Å². The maximum Gasteiger partial charge on any atom is 0.317 e. The third-order valence-electron chi connectivity index (χ3n) is 2.64. The number of nitrogens with one attached hydrogen (secondary N) is 4. The van der Waals surface area contributed by atoms with Crippen molar-refractivity contribution in [2.24, 2.45) is 5.90 Å². The Morgan fingerprint density at radius 1 is 1.04 bits per heavy atom. The quantitative estimate of drug-likeness (QED) is 0.0513. The monoisotopic (exact) mass is 389 g/mol. The minimum absolute atomic E-state index is 0.140. The van der Waals surface area contributed by atoms with E-state index in [1.54, 1.807) is 0 Å². The predicted octanol–water partition coefficient (Wildman–Crippen LogP) is -4.52. The van der Waals surface area contributed by atoms with Gasteiger partial charge in [-0.3, -0.25) is 34.1 Å². The van der Waals surface area contributed by atoms with E-state index in [9.17, 15) is 28.8 Å². The average Bonchev–Trinajstić information content (AvgIpc) is 2.63. The lowest BCUT2D eigenvalue weighted by atomic mass is 10.1. The van der Waals surface area contributed by atoms with Crippen LogP contribution < -0.4 is 27.3 Å². The average molecular weight is 389 g/mol. The Labute approximate surface area is 152 Å². The smallest absolute Gasteiger partial charge is 0.317 e. The maximum absolute atomic E-state index is 11.8. The van der Waals surface area contributed by atoms with E-state index in [-0.39, 0.29) is 18.8 Å². The van der Waals surface area contributed by atoms with Gasteiger partial charge in [0.25, 0.3) is 0 Å². The highest BCUT2D eigenvalue weighted by Gasteiger charge is 2.26. The summed E-state index contributed by atoms with van der Waals surface area (Å²) in [5, 5.41) is 14.9. The highest BCUT2D eigenvalue weighted by Crippen LogP contribution is 1.88. The summed E-state index contributed by atoms with van der Waals surface area (Å²) < 4.78 is 0. The van der Waals surface area contributed by atoms with Gasteiger partial charge in [0.2, 0.25) is 17.6 Å². The van der Waals surface area contributed by atoms with E-state index in [1.807, 2.05) is 0 Å². The van der Waals surface area contributed by atoms with Crippen LogP contribution in [0.3, 0.4) is 0 Å². The second kappa shape index (κ2) is 12.9. The number of rotatable bonds is 15. The Kier molecular flexibility index (Phi) is 11.3. The van der Waals surface area contributed by atoms with Gasteiger partial charge in [-0.05, 0) is 6.58 Å². The van der Waals surface area contributed by atoms with E-state index in [0.29, 0.717) is 0 Å². The van der Waals surface area contributed by atoms with Gasteiger partial charge in [-0.1, -0.05) is 0 Å². The minimum atomic E-state index is -1.70. The number of carbonyl (C=O) groups excluding carboxylic acids is 5. The van der Waals surface area contributed by atoms with Crippen molar-refractivity contribution in [3.8, 4) is 0 Å². The maximum atomic E-state index is 11.8. The van der Waals surface area contributed by atoms with Crippen molar-refractivity contribution in [2.45, 2.75) is 6.04 Å². The molecule has 0 fully saturated rings. The summed E-state index contributed by atoms with van der Waals surface area (Å²) in [6, 6.07) is -1.70. The molecular weight excluding hydrogens is 370 g/mol. The number of aldehydes is 1. The fourth-order valence-electron chi connectivity index (χ4n) is 1.43. The summed E-state index contributed by atoms with van der Waals surface area (Å²) in [6.45, 7) is 0.917. The number of hydrogen-bond donors (Lipinski definition) is 6. The number of carboxylic acids is 1. The summed E-state index contributed by atoms with van der Waals surface area (Å²) in [5.41, 5.74) is 2.14. The van der Waals surface area contributed by atoms with Gasteiger partial charge in [-0.15, -0.1) is 5.48 Å². The highest BCUT2D eigenvalue weighted by atomic mass is 16.8. The first-order valence-corrected chi connectivity index (χ1v) is 7.16. The van der Waals surface area contributed by atoms with Gasteiger partial charge in [-0.25, -0.2) is 0 Å². The molecule has 0 heterocycles. The van der Waals surface area contributed by atoms with Crippen LogP contribution in [0.15, 0.2) is 12.5 Å². The number of carbonyl (C=O) groups is 6. The molecule has 0 saturated carbocycles. The molecule has 150 valence electrons. The Bertz CT molecular complexity index is 607. The topological polar surface area (TPSA) is 215 Å². The van der Waals surface area contributed by atoms with Gasteiger partial charge in [0.15, 0.2) is 12.1 Å². The molecule has 0 spiro atoms. The van der Waals surface area contributed by atoms with Crippen LogP contribution in [0, 0.1) is 0 Å². The molecule has 0 aromatic rings. The minimum Gasteiger partial charge on any atom is -0.480 e. The Morgan fingerprint density at radius 2 is 1.63 bits per heavy atom. The van der Waals surface area contributed by atoms with Crippen molar-refractivity contribution in [1.82, 2.24) is 21.4 Å².